The molecule has 4 fully saturated rings. The molecular weight excluding hydrogens is 743 g/mol. The van der Waals surface area contributed by atoms with Crippen LogP contribution in [0.25, 0.3) is 11.1 Å². The molecule has 4 aromatic carbocycles. The summed E-state index contributed by atoms with van der Waals surface area (Å²) < 4.78 is 6.26. The number of hydrogen-bond acceptors (Lipinski definition) is 9. The smallest absolute Gasteiger partial charge is 0.262 e. The van der Waals surface area contributed by atoms with Crippen LogP contribution in [0.1, 0.15) is 82.9 Å². The fraction of sp³-hybridized carbons (Fsp3) is 0.375. The number of nitrogens with one attached hydrogen (secondary N) is 1. The molecule has 304 valence electrons. The van der Waals surface area contributed by atoms with Crippen LogP contribution in [0.3, 0.4) is 0 Å². The van der Waals surface area contributed by atoms with Gasteiger partial charge in [0.25, 0.3) is 11.8 Å². The molecule has 2 N–H and O–H groups in total. The molecule has 5 heterocycles. The lowest BCUT2D eigenvalue weighted by Crippen LogP contribution is -2.54. The number of piperidine rings is 2. The summed E-state index contributed by atoms with van der Waals surface area (Å²) in [6.07, 6.45) is 4.55. The number of phenols is 1. The van der Waals surface area contributed by atoms with Gasteiger partial charge in [0.1, 0.15) is 24.1 Å². The monoisotopic (exact) mass is 793 g/mol. The number of benzene rings is 4. The molecule has 3 unspecified atom stereocenters. The van der Waals surface area contributed by atoms with Crippen molar-refractivity contribution in [2.45, 2.75) is 63.6 Å². The maximum Gasteiger partial charge on any atom is 0.262 e. The van der Waals surface area contributed by atoms with E-state index in [1.165, 1.54) is 24.0 Å². The molecule has 0 aliphatic carbocycles. The van der Waals surface area contributed by atoms with E-state index >= 15 is 0 Å². The van der Waals surface area contributed by atoms with Gasteiger partial charge in [-0.2, -0.15) is 0 Å². The largest absolute Gasteiger partial charge is 0.508 e. The van der Waals surface area contributed by atoms with E-state index in [9.17, 15) is 24.3 Å². The predicted molar refractivity (Wildman–Crippen MR) is 226 cm³/mol. The summed E-state index contributed by atoms with van der Waals surface area (Å²) >= 11 is 0. The summed E-state index contributed by atoms with van der Waals surface area (Å²) in [5, 5.41) is 12.2. The number of allylic oxidation sites excluding steroid dienone is 1. The van der Waals surface area contributed by atoms with Gasteiger partial charge in [-0.15, -0.1) is 0 Å². The molecule has 59 heavy (non-hydrogen) atoms. The molecule has 4 saturated heterocycles. The minimum atomic E-state index is -0.958. The standard InChI is InChI=1S/C48H51N5O6/c1-2-40(32-6-4-3-5-7-32)45(33-8-13-38(54)14-9-33)34-10-15-39(16-11-34)59-25-24-50-22-20-31(21-23-50)28-51-29-37-26-36(51)30-52(37)35-12-17-41-42(27-35)48(58)53(47(41)57)43-18-19-44(55)49-46(43)56/h3-17,27,31,36-37,43,54H,2,18-26,28-30H2,1H3,(H,49,55,56)/b45-40-. The molecule has 11 heteroatoms. The normalized spacial score (nSPS) is 22.8. The van der Waals surface area contributed by atoms with Crippen molar-refractivity contribution in [1.82, 2.24) is 20.0 Å². The zero-order chi connectivity index (χ0) is 40.6. The number of nitrogens with zero attached hydrogens (tertiary/aromatic N) is 4. The highest BCUT2D eigenvalue weighted by Gasteiger charge is 2.47. The van der Waals surface area contributed by atoms with Crippen LogP contribution < -0.4 is 15.0 Å². The molecule has 0 aromatic heterocycles. The number of piperazine rings is 1. The van der Waals surface area contributed by atoms with Gasteiger partial charge >= 0.3 is 0 Å². The minimum absolute atomic E-state index is 0.104. The van der Waals surface area contributed by atoms with Gasteiger partial charge in [0, 0.05) is 50.4 Å². The third-order valence-electron chi connectivity index (χ3n) is 13.1. The first-order chi connectivity index (χ1) is 28.7. The zero-order valence-corrected chi connectivity index (χ0v) is 33.5. The Labute approximate surface area is 345 Å². The zero-order valence-electron chi connectivity index (χ0n) is 33.5. The Morgan fingerprint density at radius 3 is 2.17 bits per heavy atom. The third-order valence-corrected chi connectivity index (χ3v) is 13.1. The van der Waals surface area contributed by atoms with Crippen molar-refractivity contribution in [3.8, 4) is 11.5 Å². The Kier molecular flexibility index (Phi) is 10.8. The molecule has 3 atom stereocenters. The van der Waals surface area contributed by atoms with Crippen molar-refractivity contribution in [1.29, 1.82) is 0 Å². The van der Waals surface area contributed by atoms with Gasteiger partial charge in [0.2, 0.25) is 11.8 Å². The molecule has 4 aromatic rings. The second-order valence-electron chi connectivity index (χ2n) is 16.6. The van der Waals surface area contributed by atoms with E-state index < -0.39 is 23.8 Å². The van der Waals surface area contributed by atoms with E-state index in [1.807, 2.05) is 30.3 Å². The lowest BCUT2D eigenvalue weighted by atomic mass is 9.88. The van der Waals surface area contributed by atoms with Crippen LogP contribution in [0.4, 0.5) is 5.69 Å². The maximum absolute atomic E-state index is 13.4. The molecule has 0 spiro atoms. The van der Waals surface area contributed by atoms with E-state index in [1.54, 1.807) is 18.2 Å². The highest BCUT2D eigenvalue weighted by molar-refractivity contribution is 6.23. The van der Waals surface area contributed by atoms with Crippen LogP contribution in [0, 0.1) is 5.92 Å². The SMILES string of the molecule is CC/C(=C(\c1ccc(O)cc1)c1ccc(OCCN2CCC(CN3CC4CC3CN4c3ccc4c(c3)C(=O)N(C3CCC(=O)NC3=O)C4=O)CC2)cc1)c1ccccc1. The topological polar surface area (TPSA) is 123 Å². The van der Waals surface area contributed by atoms with Crippen molar-refractivity contribution in [2.24, 2.45) is 5.92 Å². The number of rotatable bonds is 12. The maximum atomic E-state index is 13.4. The second kappa shape index (κ2) is 16.5. The molecule has 5 aliphatic heterocycles. The number of fused-ring (bicyclic) bond motifs is 3. The van der Waals surface area contributed by atoms with Crippen LogP contribution in [0.5, 0.6) is 11.5 Å². The van der Waals surface area contributed by atoms with Gasteiger partial charge in [-0.3, -0.25) is 39.2 Å². The molecule has 5 aliphatic rings. The van der Waals surface area contributed by atoms with Crippen LogP contribution in [-0.4, -0.2) is 107 Å². The Hall–Kier alpha value is -5.78. The molecule has 2 bridgehead atoms. The van der Waals surface area contributed by atoms with Gasteiger partial charge < -0.3 is 14.7 Å². The summed E-state index contributed by atoms with van der Waals surface area (Å²) in [4.78, 5) is 59.4. The summed E-state index contributed by atoms with van der Waals surface area (Å²) in [6, 6.07) is 31.7. The summed E-state index contributed by atoms with van der Waals surface area (Å²) in [6.45, 7) is 8.83. The molecule has 0 radical (unpaired) electrons. The first-order valence-electron chi connectivity index (χ1n) is 21.1. The highest BCUT2D eigenvalue weighted by Crippen LogP contribution is 2.39. The first kappa shape index (κ1) is 38.7. The number of anilines is 1. The van der Waals surface area contributed by atoms with Crippen LogP contribution in [0.15, 0.2) is 97.1 Å². The summed E-state index contributed by atoms with van der Waals surface area (Å²) in [7, 11) is 0. The Morgan fingerprint density at radius 1 is 0.780 bits per heavy atom. The number of imide groups is 2. The fourth-order valence-electron chi connectivity index (χ4n) is 9.97. The van der Waals surface area contributed by atoms with Crippen molar-refractivity contribution < 1.29 is 29.0 Å². The summed E-state index contributed by atoms with van der Waals surface area (Å²) in [5.74, 6) is -0.124. The molecule has 0 saturated carbocycles. The molecular formula is C48H51N5O6. The Morgan fingerprint density at radius 2 is 1.49 bits per heavy atom. The number of amides is 4. The lowest BCUT2D eigenvalue weighted by Gasteiger charge is -2.39. The van der Waals surface area contributed by atoms with Crippen molar-refractivity contribution >= 4 is 40.5 Å². The van der Waals surface area contributed by atoms with Crippen molar-refractivity contribution in [2.75, 3.05) is 50.8 Å². The number of ether oxygens (including phenoxy) is 1. The van der Waals surface area contributed by atoms with Gasteiger partial charge in [0.05, 0.1) is 11.1 Å². The average Bonchev–Trinajstić information content (AvgIpc) is 3.93. The number of aromatic hydroxyl groups is 1. The van der Waals surface area contributed by atoms with Crippen LogP contribution in [0.2, 0.25) is 0 Å². The minimum Gasteiger partial charge on any atom is -0.508 e. The van der Waals surface area contributed by atoms with Crippen molar-refractivity contribution in [3.05, 3.63) is 125 Å². The van der Waals surface area contributed by atoms with Gasteiger partial charge in [-0.25, -0.2) is 0 Å². The Balaban J connectivity index is 0.745. The molecule has 11 nitrogen and oxygen atoms in total. The second-order valence-corrected chi connectivity index (χ2v) is 16.6. The van der Waals surface area contributed by atoms with E-state index in [0.29, 0.717) is 35.7 Å². The fourth-order valence-corrected chi connectivity index (χ4v) is 9.97. The van der Waals surface area contributed by atoms with Crippen LogP contribution >= 0.6 is 0 Å². The number of likely N-dealkylation sites (tertiary alicyclic amines) is 2. The van der Waals surface area contributed by atoms with E-state index in [4.69, 9.17) is 4.74 Å². The molecule has 9 rings (SSSR count). The number of phenolic OH excluding ortho intramolecular Hbond substituents is 1. The van der Waals surface area contributed by atoms with Gasteiger partial charge in [-0.1, -0.05) is 61.5 Å². The number of carbonyl (C=O) groups excluding carboxylic acids is 4. The highest BCUT2D eigenvalue weighted by atomic mass is 16.5. The van der Waals surface area contributed by atoms with E-state index in [2.05, 4.69) is 75.5 Å². The van der Waals surface area contributed by atoms with Crippen molar-refractivity contribution in [3.63, 3.8) is 0 Å². The van der Waals surface area contributed by atoms with Gasteiger partial charge in [0.15, 0.2) is 0 Å². The molecule has 4 amide bonds. The first-order valence-corrected chi connectivity index (χ1v) is 21.1. The Bertz CT molecular complexity index is 2270. The average molecular weight is 794 g/mol. The number of carbonyl (C=O) groups is 4. The van der Waals surface area contributed by atoms with Gasteiger partial charge in [-0.05, 0) is 121 Å². The third kappa shape index (κ3) is 7.77. The van der Waals surface area contributed by atoms with E-state index in [0.717, 1.165) is 85.1 Å². The quantitative estimate of drug-likeness (QED) is 0.127. The van der Waals surface area contributed by atoms with E-state index in [-0.39, 0.29) is 24.5 Å². The lowest BCUT2D eigenvalue weighted by molar-refractivity contribution is -0.136. The van der Waals surface area contributed by atoms with Crippen LogP contribution in [-0.2, 0) is 9.59 Å². The predicted octanol–water partition coefficient (Wildman–Crippen LogP) is 6.22. The number of hydrogen-bond donors (Lipinski definition) is 2. The summed E-state index contributed by atoms with van der Waals surface area (Å²) in [5.41, 5.74) is 7.38.